The maximum absolute atomic E-state index is 13.5. The van der Waals surface area contributed by atoms with Gasteiger partial charge in [-0.25, -0.2) is 0 Å². The maximum atomic E-state index is 13.5. The molecule has 19 heteroatoms. The molecule has 0 bridgehead atoms. The molecule has 0 radical (unpaired) electrons. The van der Waals surface area contributed by atoms with Gasteiger partial charge in [0, 0.05) is 6.42 Å². The van der Waals surface area contributed by atoms with Gasteiger partial charge in [-0.2, -0.15) is 0 Å². The van der Waals surface area contributed by atoms with Crippen LogP contribution in [0.5, 0.6) is 0 Å². The van der Waals surface area contributed by atoms with Gasteiger partial charge in [0.25, 0.3) is 0 Å². The number of aliphatic hydroxyl groups excluding tert-OH is 11. The van der Waals surface area contributed by atoms with E-state index in [9.17, 15) is 61.0 Å². The molecule has 12 N–H and O–H groups in total. The van der Waals surface area contributed by atoms with Gasteiger partial charge in [0.15, 0.2) is 18.9 Å². The van der Waals surface area contributed by atoms with Crippen molar-refractivity contribution in [3.05, 3.63) is 48.6 Å². The molecule has 3 saturated heterocycles. The summed E-state index contributed by atoms with van der Waals surface area (Å²) in [6, 6.07) is -0.997. The number of carbonyl (C=O) groups is 1. The predicted octanol–water partition coefficient (Wildman–Crippen LogP) is 14.5. The Morgan fingerprint density at radius 3 is 0.980 bits per heavy atom. The number of allylic oxidation sites excluding steroid dienone is 7. The van der Waals surface area contributed by atoms with Gasteiger partial charge >= 0.3 is 0 Å². The van der Waals surface area contributed by atoms with Gasteiger partial charge < -0.3 is 89.9 Å². The highest BCUT2D eigenvalue weighted by molar-refractivity contribution is 5.76. The Labute approximate surface area is 618 Å². The second-order valence-electron chi connectivity index (χ2n) is 29.9. The summed E-state index contributed by atoms with van der Waals surface area (Å²) in [5, 5.41) is 121. The van der Waals surface area contributed by atoms with Crippen molar-refractivity contribution in [3.63, 3.8) is 0 Å². The SMILES string of the molecule is CCCCCCCCCC/C=C\CCCCCCCCCCCCCCCCCCCCCCCCCC(=O)NC(COC1OC(CO)C(OC2OC(CO)C(OC3OC(CO)C(O)C(O)C3O)C(O)C2O)C(O)C1O)C(O)/C=C/CC/C=C/CC/C=C/CCCCCCCCCCCCCC. The van der Waals surface area contributed by atoms with Crippen LogP contribution >= 0.6 is 0 Å². The maximum Gasteiger partial charge on any atom is 0.220 e. The quantitative estimate of drug-likeness (QED) is 0.0199. The first-order chi connectivity index (χ1) is 49.8. The van der Waals surface area contributed by atoms with Gasteiger partial charge in [-0.3, -0.25) is 4.79 Å². The first-order valence-corrected chi connectivity index (χ1v) is 41.9. The van der Waals surface area contributed by atoms with Gasteiger partial charge in [0.1, 0.15) is 73.2 Å². The lowest BCUT2D eigenvalue weighted by Gasteiger charge is -2.48. The van der Waals surface area contributed by atoms with Crippen molar-refractivity contribution in [1.29, 1.82) is 0 Å². The van der Waals surface area contributed by atoms with Crippen LogP contribution in [0.4, 0.5) is 0 Å². The number of nitrogens with one attached hydrogen (secondary N) is 1. The van der Waals surface area contributed by atoms with Crippen molar-refractivity contribution in [2.24, 2.45) is 0 Å². The minimum absolute atomic E-state index is 0.235. The molecule has 17 atom stereocenters. The molecule has 3 aliphatic rings. The summed E-state index contributed by atoms with van der Waals surface area (Å²) in [6.45, 7) is 1.75. The second kappa shape index (κ2) is 63.7. The van der Waals surface area contributed by atoms with Crippen molar-refractivity contribution in [1.82, 2.24) is 5.32 Å². The van der Waals surface area contributed by atoms with Gasteiger partial charge in [0.2, 0.25) is 5.91 Å². The van der Waals surface area contributed by atoms with Gasteiger partial charge in [0.05, 0.1) is 38.6 Å². The lowest BCUT2D eigenvalue weighted by atomic mass is 9.96. The first kappa shape index (κ1) is 94.0. The normalized spacial score (nSPS) is 26.4. The molecule has 3 rings (SSSR count). The molecule has 1 amide bonds. The van der Waals surface area contributed by atoms with E-state index in [1.807, 2.05) is 6.08 Å². The molecule has 0 aliphatic carbocycles. The fourth-order valence-corrected chi connectivity index (χ4v) is 14.1. The molecule has 3 fully saturated rings. The van der Waals surface area contributed by atoms with E-state index in [0.29, 0.717) is 12.8 Å². The van der Waals surface area contributed by atoms with E-state index >= 15 is 0 Å². The van der Waals surface area contributed by atoms with Crippen LogP contribution in [0.2, 0.25) is 0 Å². The fraction of sp³-hybridized carbons (Fsp3) is 0.892. The Morgan fingerprint density at radius 1 is 0.343 bits per heavy atom. The van der Waals surface area contributed by atoms with Crippen molar-refractivity contribution in [2.45, 2.75) is 446 Å². The van der Waals surface area contributed by atoms with E-state index in [-0.39, 0.29) is 18.9 Å². The lowest BCUT2D eigenvalue weighted by molar-refractivity contribution is -0.379. The molecule has 19 nitrogen and oxygen atoms in total. The molecular formula is C83H153NO18. The minimum Gasteiger partial charge on any atom is -0.394 e. The Balaban J connectivity index is 1.35. The molecule has 0 aromatic rings. The largest absolute Gasteiger partial charge is 0.394 e. The number of hydrogen-bond acceptors (Lipinski definition) is 18. The number of ether oxygens (including phenoxy) is 6. The highest BCUT2D eigenvalue weighted by Crippen LogP contribution is 2.33. The molecule has 0 aromatic carbocycles. The molecule has 17 unspecified atom stereocenters. The van der Waals surface area contributed by atoms with Crippen molar-refractivity contribution in [2.75, 3.05) is 26.4 Å². The number of amides is 1. The van der Waals surface area contributed by atoms with Crippen LogP contribution in [0.3, 0.4) is 0 Å². The van der Waals surface area contributed by atoms with Crippen LogP contribution in [0.25, 0.3) is 0 Å². The van der Waals surface area contributed by atoms with Crippen LogP contribution in [0.15, 0.2) is 48.6 Å². The lowest BCUT2D eigenvalue weighted by Crippen LogP contribution is -2.66. The number of hydrogen-bond donors (Lipinski definition) is 12. The summed E-state index contributed by atoms with van der Waals surface area (Å²) in [5.41, 5.74) is 0. The number of aliphatic hydroxyl groups is 11. The molecule has 0 saturated carbocycles. The van der Waals surface area contributed by atoms with E-state index in [1.54, 1.807) is 6.08 Å². The zero-order chi connectivity index (χ0) is 73.9. The highest BCUT2D eigenvalue weighted by Gasteiger charge is 2.54. The Hall–Kier alpha value is -2.25. The van der Waals surface area contributed by atoms with Crippen molar-refractivity contribution >= 4 is 5.91 Å². The van der Waals surface area contributed by atoms with Crippen LogP contribution in [-0.4, -0.2) is 193 Å². The van der Waals surface area contributed by atoms with E-state index in [1.165, 1.54) is 263 Å². The van der Waals surface area contributed by atoms with Gasteiger partial charge in [-0.15, -0.1) is 0 Å². The van der Waals surface area contributed by atoms with Gasteiger partial charge in [-0.05, 0) is 70.6 Å². The molecular weight excluding hydrogens is 1300 g/mol. The summed E-state index contributed by atoms with van der Waals surface area (Å²) in [4.78, 5) is 13.5. The summed E-state index contributed by atoms with van der Waals surface area (Å²) in [5.74, 6) is -0.284. The molecule has 598 valence electrons. The average molecular weight is 1450 g/mol. The third kappa shape index (κ3) is 43.1. The van der Waals surface area contributed by atoms with Crippen molar-refractivity contribution in [3.8, 4) is 0 Å². The zero-order valence-corrected chi connectivity index (χ0v) is 64.1. The van der Waals surface area contributed by atoms with Gasteiger partial charge in [-0.1, -0.05) is 313 Å². The third-order valence-electron chi connectivity index (χ3n) is 20.8. The van der Waals surface area contributed by atoms with E-state index in [2.05, 4.69) is 55.6 Å². The average Bonchev–Trinajstić information content (AvgIpc) is 0.781. The third-order valence-corrected chi connectivity index (χ3v) is 20.8. The second-order valence-corrected chi connectivity index (χ2v) is 29.9. The molecule has 3 aliphatic heterocycles. The predicted molar refractivity (Wildman–Crippen MR) is 406 cm³/mol. The Kier molecular flexibility index (Phi) is 58.6. The Morgan fingerprint density at radius 2 is 0.627 bits per heavy atom. The number of rotatable bonds is 67. The van der Waals surface area contributed by atoms with Crippen LogP contribution in [0.1, 0.15) is 341 Å². The smallest absolute Gasteiger partial charge is 0.220 e. The first-order valence-electron chi connectivity index (χ1n) is 41.9. The Bertz CT molecular complexity index is 2030. The molecule has 3 heterocycles. The van der Waals surface area contributed by atoms with E-state index in [0.717, 1.165) is 44.9 Å². The highest BCUT2D eigenvalue weighted by atomic mass is 16.8. The molecule has 102 heavy (non-hydrogen) atoms. The number of carbonyl (C=O) groups excluding carboxylic acids is 1. The molecule has 0 spiro atoms. The van der Waals surface area contributed by atoms with E-state index in [4.69, 9.17) is 28.4 Å². The summed E-state index contributed by atoms with van der Waals surface area (Å²) in [6.07, 6.45) is 54.1. The van der Waals surface area contributed by atoms with Crippen LogP contribution in [-0.2, 0) is 33.2 Å². The number of unbranched alkanes of at least 4 members (excludes halogenated alkanes) is 45. The van der Waals surface area contributed by atoms with Crippen LogP contribution < -0.4 is 5.32 Å². The topological polar surface area (TPSA) is 307 Å². The standard InChI is InChI=1S/C83H153NO18/c1-3-5-7-9-11-13-15-17-19-21-23-25-27-28-29-30-31-32-33-34-35-36-37-38-39-41-43-45-47-49-51-53-55-57-59-61-71(89)84-66(67(88)60-58-56-54-52-50-48-46-44-42-40-26-24-22-20-18-16-14-12-10-8-6-4-2)65-97-81-77(95)74(92)79(69(63-86)99-81)102-83-78(96)75(93)80(70(64-87)100-83)101-82-76(94)73(91)72(90)68(62-85)98-82/h21,23,42,44,50,52,58,60,66-70,72-83,85-88,90-96H,3-20,22,24-41,43,45-49,51,53-57,59,61-65H2,1-2H3,(H,84,89)/b23-21-,44-42+,52-50+,60-58+. The van der Waals surface area contributed by atoms with E-state index < -0.39 is 124 Å². The van der Waals surface area contributed by atoms with Crippen molar-refractivity contribution < 1.29 is 89.4 Å². The summed E-state index contributed by atoms with van der Waals surface area (Å²) in [7, 11) is 0. The fourth-order valence-electron chi connectivity index (χ4n) is 14.1. The zero-order valence-electron chi connectivity index (χ0n) is 64.1. The summed E-state index contributed by atoms with van der Waals surface area (Å²) >= 11 is 0. The molecule has 0 aromatic heterocycles. The summed E-state index contributed by atoms with van der Waals surface area (Å²) < 4.78 is 34.4. The minimum atomic E-state index is -1.98. The van der Waals surface area contributed by atoms with Crippen LogP contribution in [0, 0.1) is 0 Å². The monoisotopic (exact) mass is 1450 g/mol.